The predicted molar refractivity (Wildman–Crippen MR) is 94.4 cm³/mol. The lowest BCUT2D eigenvalue weighted by Crippen LogP contribution is -2.61. The highest BCUT2D eigenvalue weighted by Gasteiger charge is 2.45. The van der Waals surface area contributed by atoms with Gasteiger partial charge in [-0.05, 0) is 44.4 Å². The number of hydrogen-bond donors (Lipinski definition) is 1. The summed E-state index contributed by atoms with van der Waals surface area (Å²) < 4.78 is 0. The molecule has 3 rings (SSSR count). The van der Waals surface area contributed by atoms with Gasteiger partial charge >= 0.3 is 0 Å². The highest BCUT2D eigenvalue weighted by atomic mass is 16.2. The summed E-state index contributed by atoms with van der Waals surface area (Å²) in [6.07, 6.45) is 14.0. The molecule has 2 aliphatic heterocycles. The van der Waals surface area contributed by atoms with E-state index in [0.29, 0.717) is 5.84 Å². The van der Waals surface area contributed by atoms with E-state index in [1.165, 1.54) is 32.1 Å². The number of amides is 2. The van der Waals surface area contributed by atoms with Crippen molar-refractivity contribution in [1.82, 2.24) is 10.2 Å². The number of rotatable bonds is 2. The van der Waals surface area contributed by atoms with E-state index in [1.54, 1.807) is 0 Å². The third kappa shape index (κ3) is 3.45. The van der Waals surface area contributed by atoms with Crippen LogP contribution in [0.5, 0.6) is 0 Å². The van der Waals surface area contributed by atoms with Crippen molar-refractivity contribution in [2.24, 2.45) is 4.99 Å². The van der Waals surface area contributed by atoms with E-state index < -0.39 is 5.54 Å². The molecule has 1 saturated carbocycles. The summed E-state index contributed by atoms with van der Waals surface area (Å²) in [5, 5.41) is 3.22. The van der Waals surface area contributed by atoms with Crippen molar-refractivity contribution in [3.63, 3.8) is 0 Å². The Morgan fingerprint density at radius 2 is 1.92 bits per heavy atom. The van der Waals surface area contributed by atoms with E-state index in [9.17, 15) is 9.59 Å². The van der Waals surface area contributed by atoms with Gasteiger partial charge in [0.1, 0.15) is 11.4 Å². The van der Waals surface area contributed by atoms with Crippen LogP contribution in [0.25, 0.3) is 0 Å². The smallest absolute Gasteiger partial charge is 0.250 e. The van der Waals surface area contributed by atoms with Gasteiger partial charge in [-0.2, -0.15) is 4.99 Å². The Morgan fingerprint density at radius 1 is 1.25 bits per heavy atom. The van der Waals surface area contributed by atoms with Crippen LogP contribution < -0.4 is 5.32 Å². The standard InChI is InChI=1S/C19H27N3O2/c1-14-10-11-22-16(12-14)21-17(23)13-19(22,2)18(24)20-15-8-6-4-3-5-7-9-15/h10-12,15H,3-9,13H2,1-2H3,(H,20,24). The molecule has 5 heteroatoms. The van der Waals surface area contributed by atoms with Gasteiger partial charge in [0.2, 0.25) is 5.91 Å². The minimum atomic E-state index is -0.899. The summed E-state index contributed by atoms with van der Waals surface area (Å²) in [5.41, 5.74) is 0.131. The van der Waals surface area contributed by atoms with Crippen molar-refractivity contribution < 1.29 is 9.59 Å². The topological polar surface area (TPSA) is 61.8 Å². The van der Waals surface area contributed by atoms with Crippen molar-refractivity contribution in [1.29, 1.82) is 0 Å². The SMILES string of the molecule is CC1=CC2=NC(=O)CC(C)(C(=O)NC3CCCCCCC3)N2C=C1. The first kappa shape index (κ1) is 16.9. The van der Waals surface area contributed by atoms with Gasteiger partial charge in [0.25, 0.3) is 5.91 Å². The number of nitrogens with one attached hydrogen (secondary N) is 1. The van der Waals surface area contributed by atoms with Crippen LogP contribution in [0.2, 0.25) is 0 Å². The van der Waals surface area contributed by atoms with Gasteiger partial charge in [-0.15, -0.1) is 0 Å². The lowest BCUT2D eigenvalue weighted by molar-refractivity contribution is -0.135. The minimum absolute atomic E-state index is 0.0635. The maximum absolute atomic E-state index is 13.1. The number of hydrogen-bond acceptors (Lipinski definition) is 3. The molecule has 24 heavy (non-hydrogen) atoms. The maximum atomic E-state index is 13.1. The lowest BCUT2D eigenvalue weighted by atomic mass is 9.89. The molecule has 0 saturated heterocycles. The largest absolute Gasteiger partial charge is 0.351 e. The van der Waals surface area contributed by atoms with Gasteiger partial charge in [0.05, 0.1) is 6.42 Å². The van der Waals surface area contributed by atoms with E-state index in [4.69, 9.17) is 0 Å². The van der Waals surface area contributed by atoms with Crippen molar-refractivity contribution >= 4 is 17.6 Å². The molecule has 1 fully saturated rings. The Bertz CT molecular complexity index is 612. The summed E-state index contributed by atoms with van der Waals surface area (Å²) >= 11 is 0. The van der Waals surface area contributed by atoms with Crippen LogP contribution in [0.1, 0.15) is 65.2 Å². The third-order valence-electron chi connectivity index (χ3n) is 5.29. The summed E-state index contributed by atoms with van der Waals surface area (Å²) in [7, 11) is 0. The number of aliphatic imine (C=N–C) groups is 1. The second kappa shape index (κ2) is 6.91. The summed E-state index contributed by atoms with van der Waals surface area (Å²) in [6, 6.07) is 0.220. The summed E-state index contributed by atoms with van der Waals surface area (Å²) in [6.45, 7) is 3.80. The first-order chi connectivity index (χ1) is 11.5. The van der Waals surface area contributed by atoms with Gasteiger partial charge in [-0.1, -0.05) is 32.1 Å². The average molecular weight is 329 g/mol. The number of carbonyl (C=O) groups is 2. The Morgan fingerprint density at radius 3 is 2.62 bits per heavy atom. The molecule has 0 bridgehead atoms. The first-order valence-corrected chi connectivity index (χ1v) is 9.07. The molecule has 130 valence electrons. The fourth-order valence-corrected chi connectivity index (χ4v) is 3.77. The normalized spacial score (nSPS) is 28.4. The van der Waals surface area contributed by atoms with Crippen molar-refractivity contribution in [3.8, 4) is 0 Å². The summed E-state index contributed by atoms with van der Waals surface area (Å²) in [4.78, 5) is 31.1. The molecule has 1 unspecified atom stereocenters. The molecule has 3 aliphatic rings. The van der Waals surface area contributed by atoms with Crippen LogP contribution >= 0.6 is 0 Å². The van der Waals surface area contributed by atoms with Crippen LogP contribution in [0.4, 0.5) is 0 Å². The van der Waals surface area contributed by atoms with E-state index in [0.717, 1.165) is 18.4 Å². The fraction of sp³-hybridized carbons (Fsp3) is 0.632. The van der Waals surface area contributed by atoms with Gasteiger partial charge in [0, 0.05) is 12.2 Å². The Balaban J connectivity index is 1.76. The highest BCUT2D eigenvalue weighted by molar-refractivity contribution is 6.09. The second-order valence-corrected chi connectivity index (χ2v) is 7.40. The molecule has 1 atom stereocenters. The van der Waals surface area contributed by atoms with E-state index in [-0.39, 0.29) is 24.3 Å². The van der Waals surface area contributed by atoms with Crippen molar-refractivity contribution in [2.45, 2.75) is 76.8 Å². The molecule has 0 radical (unpaired) electrons. The molecule has 0 aromatic heterocycles. The molecule has 0 spiro atoms. The van der Waals surface area contributed by atoms with Crippen molar-refractivity contribution in [3.05, 3.63) is 23.9 Å². The molecular formula is C19H27N3O2. The number of allylic oxidation sites excluding steroid dienone is 2. The maximum Gasteiger partial charge on any atom is 0.250 e. The van der Waals surface area contributed by atoms with Crippen molar-refractivity contribution in [2.75, 3.05) is 0 Å². The summed E-state index contributed by atoms with van der Waals surface area (Å²) in [5.74, 6) is 0.281. The van der Waals surface area contributed by atoms with Crippen LogP contribution in [0, 0.1) is 0 Å². The molecule has 1 N–H and O–H groups in total. The van der Waals surface area contributed by atoms with Gasteiger partial charge < -0.3 is 10.2 Å². The Hall–Kier alpha value is -1.91. The number of fused-ring (bicyclic) bond motifs is 1. The highest BCUT2D eigenvalue weighted by Crippen LogP contribution is 2.30. The average Bonchev–Trinajstić information content (AvgIpc) is 2.48. The van der Waals surface area contributed by atoms with Crippen LogP contribution in [0.3, 0.4) is 0 Å². The molecule has 1 aliphatic carbocycles. The second-order valence-electron chi connectivity index (χ2n) is 7.40. The number of carbonyl (C=O) groups excluding carboxylic acids is 2. The predicted octanol–water partition coefficient (Wildman–Crippen LogP) is 3.08. The molecule has 2 heterocycles. The van der Waals surface area contributed by atoms with Gasteiger partial charge in [-0.25, -0.2) is 0 Å². The molecular weight excluding hydrogens is 302 g/mol. The van der Waals surface area contributed by atoms with Gasteiger partial charge in [-0.3, -0.25) is 9.59 Å². The molecule has 2 amide bonds. The van der Waals surface area contributed by atoms with Gasteiger partial charge in [0.15, 0.2) is 0 Å². The number of amidine groups is 1. The monoisotopic (exact) mass is 329 g/mol. The Labute approximate surface area is 143 Å². The molecule has 0 aromatic rings. The van der Waals surface area contributed by atoms with E-state index in [1.807, 2.05) is 37.1 Å². The lowest BCUT2D eigenvalue weighted by Gasteiger charge is -2.42. The zero-order chi connectivity index (χ0) is 17.2. The zero-order valence-corrected chi connectivity index (χ0v) is 14.7. The van der Waals surface area contributed by atoms with Crippen LogP contribution in [0.15, 0.2) is 28.9 Å². The minimum Gasteiger partial charge on any atom is -0.351 e. The Kier molecular flexibility index (Phi) is 4.88. The van der Waals surface area contributed by atoms with E-state index in [2.05, 4.69) is 10.3 Å². The first-order valence-electron chi connectivity index (χ1n) is 9.07. The third-order valence-corrected chi connectivity index (χ3v) is 5.29. The fourth-order valence-electron chi connectivity index (χ4n) is 3.77. The molecule has 0 aromatic carbocycles. The number of nitrogens with zero attached hydrogens (tertiary/aromatic N) is 2. The molecule has 5 nitrogen and oxygen atoms in total. The zero-order valence-electron chi connectivity index (χ0n) is 14.7. The van der Waals surface area contributed by atoms with Crippen LogP contribution in [-0.2, 0) is 9.59 Å². The quantitative estimate of drug-likeness (QED) is 0.847. The van der Waals surface area contributed by atoms with Crippen LogP contribution in [-0.4, -0.2) is 34.1 Å². The van der Waals surface area contributed by atoms with E-state index >= 15 is 0 Å².